The Hall–Kier alpha value is -2.80. The Labute approximate surface area is 154 Å². The Morgan fingerprint density at radius 1 is 1.08 bits per heavy atom. The van der Waals surface area contributed by atoms with Crippen LogP contribution in [0.5, 0.6) is 11.5 Å². The molecule has 0 aliphatic carbocycles. The number of benzene rings is 2. The molecule has 1 N–H and O–H groups in total. The van der Waals surface area contributed by atoms with Gasteiger partial charge in [0.1, 0.15) is 17.3 Å². The molecule has 0 atom stereocenters. The van der Waals surface area contributed by atoms with Crippen molar-refractivity contribution in [1.82, 2.24) is 5.32 Å². The van der Waals surface area contributed by atoms with E-state index >= 15 is 0 Å². The number of nitrogens with one attached hydrogen (secondary N) is 1. The summed E-state index contributed by atoms with van der Waals surface area (Å²) in [6.07, 6.45) is 0. The van der Waals surface area contributed by atoms with Gasteiger partial charge in [-0.15, -0.1) is 0 Å². The number of carbonyl (C=O) groups is 2. The van der Waals surface area contributed by atoms with Crippen molar-refractivity contribution in [2.75, 3.05) is 20.8 Å². The maximum Gasteiger partial charge on any atom is 0.338 e. The fourth-order valence-corrected chi connectivity index (χ4v) is 2.28. The van der Waals surface area contributed by atoms with Crippen LogP contribution in [0.2, 0.25) is 5.02 Å². The molecule has 2 aromatic carbocycles. The van der Waals surface area contributed by atoms with Gasteiger partial charge in [-0.05, 0) is 29.8 Å². The summed E-state index contributed by atoms with van der Waals surface area (Å²) in [5, 5.41) is 2.74. The minimum absolute atomic E-state index is 0.0858. The average molecular weight is 382 g/mol. The first kappa shape index (κ1) is 19.5. The monoisotopic (exact) mass is 381 g/mol. The van der Waals surface area contributed by atoms with Gasteiger partial charge >= 0.3 is 5.97 Å². The third kappa shape index (κ3) is 5.35. The van der Waals surface area contributed by atoms with Gasteiger partial charge in [-0.2, -0.15) is 0 Å². The van der Waals surface area contributed by atoms with Crippen LogP contribution in [0.4, 0.5) is 4.39 Å². The summed E-state index contributed by atoms with van der Waals surface area (Å²) < 4.78 is 28.1. The second kappa shape index (κ2) is 9.05. The molecular weight excluding hydrogens is 365 g/mol. The van der Waals surface area contributed by atoms with E-state index in [0.29, 0.717) is 17.1 Å². The lowest BCUT2D eigenvalue weighted by Crippen LogP contribution is -2.28. The zero-order chi connectivity index (χ0) is 19.1. The first-order valence-electron chi connectivity index (χ1n) is 7.53. The molecule has 0 bridgehead atoms. The Kier molecular flexibility index (Phi) is 6.80. The molecule has 0 radical (unpaired) electrons. The maximum absolute atomic E-state index is 13.0. The standard InChI is InChI=1S/C18H17ClFNO5/c1-24-14-5-12(6-15(8-14)25-2)18(23)26-10-17(22)21-9-11-3-4-13(20)7-16(11)19/h3-8H,9-10H2,1-2H3,(H,21,22). The van der Waals surface area contributed by atoms with Crippen LogP contribution >= 0.6 is 11.6 Å². The zero-order valence-electron chi connectivity index (χ0n) is 14.2. The van der Waals surface area contributed by atoms with Crippen LogP contribution in [0.15, 0.2) is 36.4 Å². The number of hydrogen-bond acceptors (Lipinski definition) is 5. The van der Waals surface area contributed by atoms with E-state index in [1.807, 2.05) is 0 Å². The fourth-order valence-electron chi connectivity index (χ4n) is 2.05. The van der Waals surface area contributed by atoms with Crippen molar-refractivity contribution >= 4 is 23.5 Å². The molecule has 0 aromatic heterocycles. The molecule has 0 heterocycles. The fraction of sp³-hybridized carbons (Fsp3) is 0.222. The highest BCUT2D eigenvalue weighted by atomic mass is 35.5. The van der Waals surface area contributed by atoms with Gasteiger partial charge in [0, 0.05) is 17.6 Å². The van der Waals surface area contributed by atoms with Gasteiger partial charge in [0.15, 0.2) is 6.61 Å². The van der Waals surface area contributed by atoms with Crippen LogP contribution in [-0.2, 0) is 16.1 Å². The first-order chi connectivity index (χ1) is 12.4. The lowest BCUT2D eigenvalue weighted by atomic mass is 10.2. The lowest BCUT2D eigenvalue weighted by Gasteiger charge is -2.10. The summed E-state index contributed by atoms with van der Waals surface area (Å²) in [4.78, 5) is 23.9. The molecule has 2 aromatic rings. The van der Waals surface area contributed by atoms with Crippen LogP contribution in [0.3, 0.4) is 0 Å². The summed E-state index contributed by atoms with van der Waals surface area (Å²) in [7, 11) is 2.91. The number of carbonyl (C=O) groups excluding carboxylic acids is 2. The molecule has 0 saturated carbocycles. The number of rotatable bonds is 7. The summed E-state index contributed by atoms with van der Waals surface area (Å²) in [5.74, 6) is -0.836. The molecule has 0 spiro atoms. The number of esters is 1. The highest BCUT2D eigenvalue weighted by molar-refractivity contribution is 6.31. The van der Waals surface area contributed by atoms with Gasteiger partial charge in [-0.1, -0.05) is 17.7 Å². The third-order valence-corrected chi connectivity index (χ3v) is 3.76. The molecule has 0 unspecified atom stereocenters. The van der Waals surface area contributed by atoms with E-state index in [-0.39, 0.29) is 17.1 Å². The Balaban J connectivity index is 1.89. The molecule has 6 nitrogen and oxygen atoms in total. The Bertz CT molecular complexity index is 790. The molecule has 0 aliphatic rings. The summed E-state index contributed by atoms with van der Waals surface area (Å²) in [6.45, 7) is -0.389. The van der Waals surface area contributed by atoms with Gasteiger partial charge in [0.25, 0.3) is 5.91 Å². The molecule has 0 saturated heterocycles. The topological polar surface area (TPSA) is 73.9 Å². The number of halogens is 2. The zero-order valence-corrected chi connectivity index (χ0v) is 14.9. The van der Waals surface area contributed by atoms with Gasteiger partial charge in [0.05, 0.1) is 19.8 Å². The normalized spacial score (nSPS) is 10.2. The van der Waals surface area contributed by atoms with Crippen LogP contribution in [-0.4, -0.2) is 32.7 Å². The van der Waals surface area contributed by atoms with Crippen molar-refractivity contribution in [3.05, 3.63) is 58.4 Å². The van der Waals surface area contributed by atoms with Crippen molar-refractivity contribution in [3.63, 3.8) is 0 Å². The molecule has 138 valence electrons. The van der Waals surface area contributed by atoms with E-state index in [9.17, 15) is 14.0 Å². The molecule has 0 aliphatic heterocycles. The number of amides is 1. The van der Waals surface area contributed by atoms with Crippen molar-refractivity contribution in [1.29, 1.82) is 0 Å². The SMILES string of the molecule is COc1cc(OC)cc(C(=O)OCC(=O)NCc2ccc(F)cc2Cl)c1. The molecule has 0 fully saturated rings. The van der Waals surface area contributed by atoms with E-state index in [1.165, 1.54) is 38.5 Å². The largest absolute Gasteiger partial charge is 0.497 e. The Morgan fingerprint density at radius 3 is 2.31 bits per heavy atom. The van der Waals surface area contributed by atoms with Gasteiger partial charge < -0.3 is 19.5 Å². The summed E-state index contributed by atoms with van der Waals surface area (Å²) in [6, 6.07) is 8.41. The molecule has 2 rings (SSSR count). The van der Waals surface area contributed by atoms with E-state index < -0.39 is 24.3 Å². The average Bonchev–Trinajstić information content (AvgIpc) is 2.64. The number of ether oxygens (including phenoxy) is 3. The van der Waals surface area contributed by atoms with Crippen LogP contribution < -0.4 is 14.8 Å². The van der Waals surface area contributed by atoms with Crippen LogP contribution in [0, 0.1) is 5.82 Å². The lowest BCUT2D eigenvalue weighted by molar-refractivity contribution is -0.124. The van der Waals surface area contributed by atoms with Crippen molar-refractivity contribution < 1.29 is 28.2 Å². The highest BCUT2D eigenvalue weighted by Gasteiger charge is 2.13. The Morgan fingerprint density at radius 2 is 1.73 bits per heavy atom. The predicted octanol–water partition coefficient (Wildman–Crippen LogP) is 2.97. The first-order valence-corrected chi connectivity index (χ1v) is 7.91. The van der Waals surface area contributed by atoms with Crippen LogP contribution in [0.25, 0.3) is 0 Å². The highest BCUT2D eigenvalue weighted by Crippen LogP contribution is 2.23. The quantitative estimate of drug-likeness (QED) is 0.746. The molecular formula is C18H17ClFNO5. The maximum atomic E-state index is 13.0. The summed E-state index contributed by atoms with van der Waals surface area (Å²) in [5.41, 5.74) is 0.737. The number of methoxy groups -OCH3 is 2. The van der Waals surface area contributed by atoms with E-state index in [1.54, 1.807) is 6.07 Å². The number of hydrogen-bond donors (Lipinski definition) is 1. The minimum Gasteiger partial charge on any atom is -0.497 e. The van der Waals surface area contributed by atoms with Crippen LogP contribution in [0.1, 0.15) is 15.9 Å². The molecule has 8 heteroatoms. The molecule has 1 amide bonds. The minimum atomic E-state index is -0.697. The van der Waals surface area contributed by atoms with Gasteiger partial charge in [-0.25, -0.2) is 9.18 Å². The second-order valence-electron chi connectivity index (χ2n) is 5.19. The van der Waals surface area contributed by atoms with Gasteiger partial charge in [-0.3, -0.25) is 4.79 Å². The smallest absolute Gasteiger partial charge is 0.338 e. The molecule has 26 heavy (non-hydrogen) atoms. The third-order valence-electron chi connectivity index (χ3n) is 3.41. The van der Waals surface area contributed by atoms with Crippen molar-refractivity contribution in [3.8, 4) is 11.5 Å². The van der Waals surface area contributed by atoms with Crippen molar-refractivity contribution in [2.45, 2.75) is 6.54 Å². The second-order valence-corrected chi connectivity index (χ2v) is 5.60. The predicted molar refractivity (Wildman–Crippen MR) is 93.1 cm³/mol. The van der Waals surface area contributed by atoms with Crippen molar-refractivity contribution in [2.24, 2.45) is 0 Å². The van der Waals surface area contributed by atoms with E-state index in [4.69, 9.17) is 25.8 Å². The summed E-state index contributed by atoms with van der Waals surface area (Å²) >= 11 is 5.88. The van der Waals surface area contributed by atoms with Gasteiger partial charge in [0.2, 0.25) is 0 Å². The van der Waals surface area contributed by atoms with E-state index in [0.717, 1.165) is 6.07 Å². The van der Waals surface area contributed by atoms with E-state index in [2.05, 4.69) is 5.32 Å².